The Labute approximate surface area is 216 Å². The molecule has 1 unspecified atom stereocenters. The van der Waals surface area contributed by atoms with Gasteiger partial charge in [0.25, 0.3) is 0 Å². The van der Waals surface area contributed by atoms with E-state index in [4.69, 9.17) is 9.47 Å². The molecule has 2 aromatic carbocycles. The largest absolute Gasteiger partial charge is 0.465 e. The topological polar surface area (TPSA) is 86.7 Å². The van der Waals surface area contributed by atoms with Gasteiger partial charge in [0, 0.05) is 19.3 Å². The third-order valence-electron chi connectivity index (χ3n) is 6.23. The molecule has 0 heterocycles. The van der Waals surface area contributed by atoms with Crippen LogP contribution in [-0.2, 0) is 24.1 Å². The van der Waals surface area contributed by atoms with E-state index in [0.717, 1.165) is 0 Å². The molecule has 0 saturated heterocycles. The highest BCUT2D eigenvalue weighted by molar-refractivity contribution is 7.91. The maximum Gasteiger partial charge on any atom is 0.338 e. The molecule has 0 radical (unpaired) electrons. The van der Waals surface area contributed by atoms with Crippen LogP contribution in [0.1, 0.15) is 55.3 Å². The fourth-order valence-corrected chi connectivity index (χ4v) is 5.22. The first-order valence-corrected chi connectivity index (χ1v) is 14.0. The Hall–Kier alpha value is -3.07. The number of carbonyl (C=O) groups is 2. The Kier molecular flexibility index (Phi) is 10.4. The van der Waals surface area contributed by atoms with Crippen molar-refractivity contribution in [3.63, 3.8) is 0 Å². The van der Waals surface area contributed by atoms with Crippen LogP contribution in [0.15, 0.2) is 77.7 Å². The van der Waals surface area contributed by atoms with Crippen molar-refractivity contribution >= 4 is 21.8 Å². The zero-order chi connectivity index (χ0) is 26.7. The maximum atomic E-state index is 13.3. The highest BCUT2D eigenvalue weighted by Crippen LogP contribution is 2.36. The Morgan fingerprint density at radius 2 is 1.59 bits per heavy atom. The first-order chi connectivity index (χ1) is 17.7. The lowest BCUT2D eigenvalue weighted by Gasteiger charge is -2.26. The van der Waals surface area contributed by atoms with Gasteiger partial charge < -0.3 is 9.47 Å². The summed E-state index contributed by atoms with van der Waals surface area (Å²) in [4.78, 5) is 25.0. The number of alkyl halides is 2. The van der Waals surface area contributed by atoms with Gasteiger partial charge in [-0.3, -0.25) is 4.79 Å². The van der Waals surface area contributed by atoms with E-state index in [2.05, 4.69) is 0 Å². The van der Waals surface area contributed by atoms with Crippen LogP contribution in [0.4, 0.5) is 8.78 Å². The molecule has 1 fully saturated rings. The molecule has 0 bridgehead atoms. The average Bonchev–Trinajstić information content (AvgIpc) is 2.89. The summed E-state index contributed by atoms with van der Waals surface area (Å²) >= 11 is 0. The van der Waals surface area contributed by atoms with Gasteiger partial charge in [0.05, 0.1) is 28.7 Å². The third kappa shape index (κ3) is 9.39. The number of halogens is 2. The minimum atomic E-state index is -3.47. The molecule has 37 heavy (non-hydrogen) atoms. The summed E-state index contributed by atoms with van der Waals surface area (Å²) in [6.45, 7) is 0.0806. The maximum absolute atomic E-state index is 13.3. The Bertz CT molecular complexity index is 1140. The predicted molar refractivity (Wildman–Crippen MR) is 135 cm³/mol. The summed E-state index contributed by atoms with van der Waals surface area (Å²) < 4.78 is 62.5. The molecule has 9 heteroatoms. The van der Waals surface area contributed by atoms with E-state index < -0.39 is 39.7 Å². The van der Waals surface area contributed by atoms with Gasteiger partial charge >= 0.3 is 11.9 Å². The summed E-state index contributed by atoms with van der Waals surface area (Å²) in [7, 11) is -3.47. The molecule has 1 aliphatic rings. The molecule has 0 aromatic heterocycles. The second-order valence-electron chi connectivity index (χ2n) is 9.13. The van der Waals surface area contributed by atoms with Crippen LogP contribution >= 0.6 is 0 Å². The molecular formula is C28H32F2O6S. The summed E-state index contributed by atoms with van der Waals surface area (Å²) in [5.41, 5.74) is 0.392. The first-order valence-electron chi connectivity index (χ1n) is 12.4. The molecule has 1 aliphatic carbocycles. The van der Waals surface area contributed by atoms with E-state index in [1.807, 2.05) is 0 Å². The van der Waals surface area contributed by atoms with Gasteiger partial charge in [0.15, 0.2) is 9.84 Å². The molecule has 1 atom stereocenters. The number of rotatable bonds is 12. The van der Waals surface area contributed by atoms with Crippen LogP contribution in [0.5, 0.6) is 0 Å². The SMILES string of the molecule is O=C(OC(C/C=C/CS(=O)(=O)c1ccccc1)CCCOC(=O)C1CCC(F)(F)CC1)c1ccccc1. The van der Waals surface area contributed by atoms with Crippen LogP contribution < -0.4 is 0 Å². The predicted octanol–water partition coefficient (Wildman–Crippen LogP) is 5.78. The number of hydrogen-bond acceptors (Lipinski definition) is 6. The van der Waals surface area contributed by atoms with Crippen molar-refractivity contribution in [3.8, 4) is 0 Å². The lowest BCUT2D eigenvalue weighted by Crippen LogP contribution is -2.30. The Morgan fingerprint density at radius 1 is 0.973 bits per heavy atom. The van der Waals surface area contributed by atoms with Gasteiger partial charge in [0.1, 0.15) is 6.10 Å². The molecule has 0 N–H and O–H groups in total. The molecule has 1 saturated carbocycles. The zero-order valence-corrected chi connectivity index (χ0v) is 21.4. The molecule has 6 nitrogen and oxygen atoms in total. The van der Waals surface area contributed by atoms with E-state index in [0.29, 0.717) is 18.4 Å². The van der Waals surface area contributed by atoms with Crippen molar-refractivity contribution in [3.05, 3.63) is 78.4 Å². The van der Waals surface area contributed by atoms with Crippen LogP contribution in [0.3, 0.4) is 0 Å². The number of hydrogen-bond donors (Lipinski definition) is 0. The van der Waals surface area contributed by atoms with Crippen LogP contribution in [0.25, 0.3) is 0 Å². The van der Waals surface area contributed by atoms with Crippen molar-refractivity contribution < 1.29 is 36.3 Å². The summed E-state index contributed by atoms with van der Waals surface area (Å²) in [6, 6.07) is 16.6. The third-order valence-corrected chi connectivity index (χ3v) is 7.85. The van der Waals surface area contributed by atoms with E-state index >= 15 is 0 Å². The van der Waals surface area contributed by atoms with Gasteiger partial charge in [0.2, 0.25) is 5.92 Å². The molecule has 3 rings (SSSR count). The van der Waals surface area contributed by atoms with Gasteiger partial charge in [-0.2, -0.15) is 0 Å². The molecule has 0 aliphatic heterocycles. The lowest BCUT2D eigenvalue weighted by molar-refractivity contribution is -0.152. The standard InChI is InChI=1S/C28H32F2O6S/c29-28(30)18-16-23(17-19-28)26(31)35-20-9-13-24(36-27(32)22-10-3-1-4-11-22)12-7-8-21-37(33,34)25-14-5-2-6-15-25/h1-8,10-11,14-15,23-24H,9,12-13,16-21H2/b8-7+. The number of carbonyl (C=O) groups excluding carboxylic acids is 2. The molecule has 2 aromatic rings. The zero-order valence-electron chi connectivity index (χ0n) is 20.6. The average molecular weight is 535 g/mol. The second-order valence-corrected chi connectivity index (χ2v) is 11.2. The van der Waals surface area contributed by atoms with Gasteiger partial charge in [-0.25, -0.2) is 22.0 Å². The number of esters is 2. The van der Waals surface area contributed by atoms with Crippen molar-refractivity contribution in [1.29, 1.82) is 0 Å². The van der Waals surface area contributed by atoms with Crippen molar-refractivity contribution in [2.45, 2.75) is 61.9 Å². The second kappa shape index (κ2) is 13.5. The quantitative estimate of drug-likeness (QED) is 0.195. The minimum Gasteiger partial charge on any atom is -0.465 e. The van der Waals surface area contributed by atoms with Crippen LogP contribution in [-0.4, -0.2) is 44.7 Å². The van der Waals surface area contributed by atoms with Crippen molar-refractivity contribution in [2.24, 2.45) is 5.92 Å². The molecule has 0 amide bonds. The Morgan fingerprint density at radius 3 is 2.24 bits per heavy atom. The van der Waals surface area contributed by atoms with E-state index in [1.54, 1.807) is 54.6 Å². The summed E-state index contributed by atoms with van der Waals surface area (Å²) in [5.74, 6) is -4.38. The van der Waals surface area contributed by atoms with E-state index in [1.165, 1.54) is 18.2 Å². The van der Waals surface area contributed by atoms with Crippen LogP contribution in [0.2, 0.25) is 0 Å². The highest BCUT2D eigenvalue weighted by Gasteiger charge is 2.38. The minimum absolute atomic E-state index is 0.0806. The number of ether oxygens (including phenoxy) is 2. The molecule has 0 spiro atoms. The fourth-order valence-electron chi connectivity index (χ4n) is 4.06. The van der Waals surface area contributed by atoms with Crippen LogP contribution in [0, 0.1) is 5.92 Å². The first kappa shape index (κ1) is 28.5. The normalized spacial score (nSPS) is 16.8. The van der Waals surface area contributed by atoms with Crippen molar-refractivity contribution in [1.82, 2.24) is 0 Å². The molecular weight excluding hydrogens is 502 g/mol. The summed E-state index contributed by atoms with van der Waals surface area (Å²) in [5, 5.41) is 0. The van der Waals surface area contributed by atoms with Crippen molar-refractivity contribution in [2.75, 3.05) is 12.4 Å². The van der Waals surface area contributed by atoms with E-state index in [9.17, 15) is 26.8 Å². The fraction of sp³-hybridized carbons (Fsp3) is 0.429. The number of benzene rings is 2. The highest BCUT2D eigenvalue weighted by atomic mass is 32.2. The van der Waals surface area contributed by atoms with E-state index in [-0.39, 0.29) is 49.4 Å². The smallest absolute Gasteiger partial charge is 0.338 e. The lowest BCUT2D eigenvalue weighted by atomic mass is 9.87. The van der Waals surface area contributed by atoms with Gasteiger partial charge in [-0.1, -0.05) is 48.6 Å². The molecule has 200 valence electrons. The monoisotopic (exact) mass is 534 g/mol. The van der Waals surface area contributed by atoms with Gasteiger partial charge in [-0.05, 0) is 49.9 Å². The Balaban J connectivity index is 1.51. The van der Waals surface area contributed by atoms with Gasteiger partial charge in [-0.15, -0.1) is 0 Å². The summed E-state index contributed by atoms with van der Waals surface area (Å²) in [6.07, 6.45) is 3.31. The number of sulfone groups is 1.